The highest BCUT2D eigenvalue weighted by Crippen LogP contribution is 2.48. The van der Waals surface area contributed by atoms with Crippen molar-refractivity contribution >= 4 is 5.91 Å². The van der Waals surface area contributed by atoms with E-state index in [-0.39, 0.29) is 17.9 Å². The van der Waals surface area contributed by atoms with E-state index in [1.54, 1.807) is 0 Å². The molecule has 2 aliphatic rings. The Morgan fingerprint density at radius 3 is 2.26 bits per heavy atom. The third-order valence-corrected chi connectivity index (χ3v) is 4.83. The summed E-state index contributed by atoms with van der Waals surface area (Å²) in [5, 5.41) is 21.4. The van der Waals surface area contributed by atoms with E-state index in [2.05, 4.69) is 11.4 Å². The van der Waals surface area contributed by atoms with Gasteiger partial charge in [-0.1, -0.05) is 25.7 Å². The van der Waals surface area contributed by atoms with E-state index in [0.717, 1.165) is 44.9 Å². The van der Waals surface area contributed by atoms with Crippen LogP contribution in [0.2, 0.25) is 0 Å². The number of amides is 1. The van der Waals surface area contributed by atoms with Gasteiger partial charge in [0.1, 0.15) is 5.41 Å². The van der Waals surface area contributed by atoms with Crippen molar-refractivity contribution in [3.63, 3.8) is 0 Å². The quantitative estimate of drug-likeness (QED) is 0.747. The molecule has 0 aromatic rings. The zero-order valence-electron chi connectivity index (χ0n) is 11.6. The molecule has 0 saturated heterocycles. The van der Waals surface area contributed by atoms with Crippen molar-refractivity contribution in [3.05, 3.63) is 0 Å². The molecule has 0 heterocycles. The Balaban J connectivity index is 1.92. The first-order valence-corrected chi connectivity index (χ1v) is 7.47. The van der Waals surface area contributed by atoms with E-state index in [9.17, 15) is 10.1 Å². The minimum absolute atomic E-state index is 0.0823. The van der Waals surface area contributed by atoms with E-state index >= 15 is 0 Å². The molecule has 2 aliphatic carbocycles. The number of aliphatic hydroxyl groups excluding tert-OH is 1. The molecule has 2 fully saturated rings. The summed E-state index contributed by atoms with van der Waals surface area (Å²) in [6.07, 6.45) is 8.51. The van der Waals surface area contributed by atoms with Gasteiger partial charge in [-0.05, 0) is 37.5 Å². The number of hydrogen-bond acceptors (Lipinski definition) is 3. The van der Waals surface area contributed by atoms with E-state index in [4.69, 9.17) is 5.11 Å². The minimum atomic E-state index is -0.800. The summed E-state index contributed by atoms with van der Waals surface area (Å²) < 4.78 is 0. The lowest BCUT2D eigenvalue weighted by Crippen LogP contribution is -2.42. The van der Waals surface area contributed by atoms with Gasteiger partial charge in [0.25, 0.3) is 0 Å². The van der Waals surface area contributed by atoms with Crippen LogP contribution in [0.5, 0.6) is 0 Å². The van der Waals surface area contributed by atoms with Crippen molar-refractivity contribution in [2.24, 2.45) is 10.8 Å². The van der Waals surface area contributed by atoms with E-state index < -0.39 is 5.41 Å². The van der Waals surface area contributed by atoms with Crippen molar-refractivity contribution in [1.29, 1.82) is 5.26 Å². The van der Waals surface area contributed by atoms with Gasteiger partial charge in [0.2, 0.25) is 5.91 Å². The Kier molecular flexibility index (Phi) is 4.46. The summed E-state index contributed by atoms with van der Waals surface area (Å²) in [7, 11) is 0. The predicted molar refractivity (Wildman–Crippen MR) is 72.1 cm³/mol. The van der Waals surface area contributed by atoms with Crippen molar-refractivity contribution in [2.75, 3.05) is 13.2 Å². The second kappa shape index (κ2) is 5.92. The van der Waals surface area contributed by atoms with Crippen LogP contribution in [0.4, 0.5) is 0 Å². The molecule has 2 N–H and O–H groups in total. The van der Waals surface area contributed by atoms with Crippen molar-refractivity contribution in [3.8, 4) is 6.07 Å². The van der Waals surface area contributed by atoms with Gasteiger partial charge in [-0.25, -0.2) is 0 Å². The maximum atomic E-state index is 12.4. The first-order chi connectivity index (χ1) is 9.16. The molecule has 0 unspecified atom stereocenters. The molecular formula is C15H24N2O2. The van der Waals surface area contributed by atoms with E-state index in [1.165, 1.54) is 0 Å². The molecule has 0 spiro atoms. The number of nitrogens with one attached hydrogen (secondary N) is 1. The molecule has 0 bridgehead atoms. The maximum Gasteiger partial charge on any atom is 0.240 e. The minimum Gasteiger partial charge on any atom is -0.396 e. The molecule has 4 heteroatoms. The Hall–Kier alpha value is -1.08. The molecule has 1 amide bonds. The summed E-state index contributed by atoms with van der Waals surface area (Å²) in [5.74, 6) is -0.0823. The second-order valence-corrected chi connectivity index (χ2v) is 6.26. The summed E-state index contributed by atoms with van der Waals surface area (Å²) in [5.41, 5.74) is -0.683. The Labute approximate surface area is 115 Å². The first kappa shape index (κ1) is 14.3. The molecule has 19 heavy (non-hydrogen) atoms. The summed E-state index contributed by atoms with van der Waals surface area (Å²) in [4.78, 5) is 12.4. The zero-order valence-corrected chi connectivity index (χ0v) is 11.6. The van der Waals surface area contributed by atoms with Gasteiger partial charge in [-0.15, -0.1) is 0 Å². The second-order valence-electron chi connectivity index (χ2n) is 6.26. The van der Waals surface area contributed by atoms with Gasteiger partial charge in [0.05, 0.1) is 6.07 Å². The van der Waals surface area contributed by atoms with Crippen molar-refractivity contribution in [2.45, 2.75) is 57.8 Å². The van der Waals surface area contributed by atoms with Gasteiger partial charge in [0, 0.05) is 13.2 Å². The van der Waals surface area contributed by atoms with Crippen LogP contribution >= 0.6 is 0 Å². The fourth-order valence-corrected chi connectivity index (χ4v) is 3.09. The standard InChI is InChI=1S/C15H24N2O2/c16-11-15(5-3-1-2-4-6-15)13(19)17-12-14(7-8-14)9-10-18/h18H,1-10,12H2,(H,17,19). The highest BCUT2D eigenvalue weighted by atomic mass is 16.3. The fraction of sp³-hybridized carbons (Fsp3) is 0.867. The van der Waals surface area contributed by atoms with Crippen molar-refractivity contribution < 1.29 is 9.90 Å². The van der Waals surface area contributed by atoms with Gasteiger partial charge < -0.3 is 10.4 Å². The normalized spacial score (nSPS) is 24.0. The molecule has 0 aromatic heterocycles. The van der Waals surface area contributed by atoms with Crippen molar-refractivity contribution in [1.82, 2.24) is 5.32 Å². The smallest absolute Gasteiger partial charge is 0.240 e. The fourth-order valence-electron chi connectivity index (χ4n) is 3.09. The molecule has 0 aliphatic heterocycles. The summed E-state index contributed by atoms with van der Waals surface area (Å²) in [6, 6.07) is 2.28. The Morgan fingerprint density at radius 2 is 1.79 bits per heavy atom. The molecule has 0 radical (unpaired) electrons. The van der Waals surface area contributed by atoms with E-state index in [1.807, 2.05) is 0 Å². The third kappa shape index (κ3) is 3.27. The lowest BCUT2D eigenvalue weighted by Gasteiger charge is -2.25. The molecular weight excluding hydrogens is 240 g/mol. The number of carbonyl (C=O) groups excluding carboxylic acids is 1. The monoisotopic (exact) mass is 264 g/mol. The van der Waals surface area contributed by atoms with E-state index in [0.29, 0.717) is 19.4 Å². The van der Waals surface area contributed by atoms with Crippen LogP contribution in [0, 0.1) is 22.2 Å². The van der Waals surface area contributed by atoms with Gasteiger partial charge >= 0.3 is 0 Å². The summed E-state index contributed by atoms with van der Waals surface area (Å²) >= 11 is 0. The molecule has 0 aromatic carbocycles. The molecule has 0 atom stereocenters. The average molecular weight is 264 g/mol. The van der Waals surface area contributed by atoms with Crippen LogP contribution in [0.1, 0.15) is 57.8 Å². The Bertz CT molecular complexity index is 361. The van der Waals surface area contributed by atoms with Crippen LogP contribution in [-0.4, -0.2) is 24.2 Å². The van der Waals surface area contributed by atoms with Crippen LogP contribution in [0.3, 0.4) is 0 Å². The first-order valence-electron chi connectivity index (χ1n) is 7.47. The lowest BCUT2D eigenvalue weighted by atomic mass is 9.81. The van der Waals surface area contributed by atoms with Crippen LogP contribution < -0.4 is 5.32 Å². The van der Waals surface area contributed by atoms with Gasteiger partial charge in [-0.3, -0.25) is 4.79 Å². The van der Waals surface area contributed by atoms with Crippen LogP contribution in [0.25, 0.3) is 0 Å². The molecule has 2 saturated carbocycles. The zero-order chi connectivity index (χ0) is 13.8. The average Bonchev–Trinajstić information content (AvgIpc) is 3.20. The Morgan fingerprint density at radius 1 is 1.16 bits per heavy atom. The number of carbonyl (C=O) groups is 1. The topological polar surface area (TPSA) is 73.1 Å². The maximum absolute atomic E-state index is 12.4. The third-order valence-electron chi connectivity index (χ3n) is 4.83. The van der Waals surface area contributed by atoms with Gasteiger partial charge in [-0.2, -0.15) is 5.26 Å². The highest BCUT2D eigenvalue weighted by Gasteiger charge is 2.44. The number of rotatable bonds is 5. The molecule has 106 valence electrons. The predicted octanol–water partition coefficient (Wildman–Crippen LogP) is 2.13. The SMILES string of the molecule is N#CC1(C(=O)NCC2(CCO)CC2)CCCCCC1. The summed E-state index contributed by atoms with van der Waals surface area (Å²) in [6.45, 7) is 0.801. The lowest BCUT2D eigenvalue weighted by molar-refractivity contribution is -0.129. The number of hydrogen-bond donors (Lipinski definition) is 2. The van der Waals surface area contributed by atoms with Gasteiger partial charge in [0.15, 0.2) is 0 Å². The number of nitriles is 1. The highest BCUT2D eigenvalue weighted by molar-refractivity contribution is 5.85. The number of aliphatic hydroxyl groups is 1. The van der Waals surface area contributed by atoms with Crippen LogP contribution in [-0.2, 0) is 4.79 Å². The van der Waals surface area contributed by atoms with Crippen LogP contribution in [0.15, 0.2) is 0 Å². The largest absolute Gasteiger partial charge is 0.396 e. The molecule has 2 rings (SSSR count). The molecule has 4 nitrogen and oxygen atoms in total. The number of nitrogens with zero attached hydrogens (tertiary/aromatic N) is 1.